The molecule has 1 aromatic rings. The Morgan fingerprint density at radius 3 is 2.57 bits per heavy atom. The molecule has 116 valence electrons. The Balaban J connectivity index is 2.10. The third-order valence-electron chi connectivity index (χ3n) is 3.94. The molecule has 6 heteroatoms. The lowest BCUT2D eigenvalue weighted by Crippen LogP contribution is -2.46. The van der Waals surface area contributed by atoms with E-state index >= 15 is 0 Å². The van der Waals surface area contributed by atoms with Gasteiger partial charge >= 0.3 is 5.97 Å². The Morgan fingerprint density at radius 1 is 1.38 bits per heavy atom. The molecule has 0 aliphatic carbocycles. The van der Waals surface area contributed by atoms with Gasteiger partial charge in [0.25, 0.3) is 0 Å². The van der Waals surface area contributed by atoms with Gasteiger partial charge in [-0.05, 0) is 25.3 Å². The number of nitrogens with zero attached hydrogens (tertiary/aromatic N) is 1. The Labute approximate surface area is 125 Å². The summed E-state index contributed by atoms with van der Waals surface area (Å²) in [4.78, 5) is 12.9. The predicted molar refractivity (Wildman–Crippen MR) is 81.0 cm³/mol. The van der Waals surface area contributed by atoms with Crippen LogP contribution in [-0.4, -0.2) is 54.5 Å². The fourth-order valence-corrected chi connectivity index (χ4v) is 4.65. The minimum Gasteiger partial charge on any atom is -0.480 e. The SMILES string of the molecule is CC(Cc1ccccc1)N(CC(=O)O)C1CCS(=O)(=O)C1. The molecule has 0 amide bonds. The maximum absolute atomic E-state index is 11.6. The molecule has 1 aromatic carbocycles. The minimum absolute atomic E-state index is 0.0122. The molecule has 0 spiro atoms. The van der Waals surface area contributed by atoms with Gasteiger partial charge in [0, 0.05) is 12.1 Å². The highest BCUT2D eigenvalue weighted by Crippen LogP contribution is 2.21. The number of sulfone groups is 1. The number of hydrogen-bond donors (Lipinski definition) is 1. The molecule has 5 nitrogen and oxygen atoms in total. The van der Waals surface area contributed by atoms with Crippen molar-refractivity contribution in [2.75, 3.05) is 18.1 Å². The summed E-state index contributed by atoms with van der Waals surface area (Å²) in [6.45, 7) is 1.84. The molecule has 1 saturated heterocycles. The summed E-state index contributed by atoms with van der Waals surface area (Å²) in [5, 5.41) is 9.10. The van der Waals surface area contributed by atoms with Crippen LogP contribution in [-0.2, 0) is 21.1 Å². The topological polar surface area (TPSA) is 74.7 Å². The molecule has 0 bridgehead atoms. The van der Waals surface area contributed by atoms with E-state index in [2.05, 4.69) is 0 Å². The standard InChI is InChI=1S/C15H21NO4S/c1-12(9-13-5-3-2-4-6-13)16(10-15(17)18)14-7-8-21(19,20)11-14/h2-6,12,14H,7-11H2,1H3,(H,17,18). The summed E-state index contributed by atoms with van der Waals surface area (Å²) in [6.07, 6.45) is 1.24. The number of rotatable bonds is 6. The molecule has 1 fully saturated rings. The van der Waals surface area contributed by atoms with E-state index in [9.17, 15) is 13.2 Å². The van der Waals surface area contributed by atoms with E-state index in [1.54, 1.807) is 0 Å². The van der Waals surface area contributed by atoms with Crippen molar-refractivity contribution in [2.45, 2.75) is 31.8 Å². The Hall–Kier alpha value is -1.40. The van der Waals surface area contributed by atoms with E-state index in [1.807, 2.05) is 42.2 Å². The highest BCUT2D eigenvalue weighted by atomic mass is 32.2. The molecule has 0 aromatic heterocycles. The van der Waals surface area contributed by atoms with Crippen LogP contribution in [0, 0.1) is 0 Å². The number of aliphatic carboxylic acids is 1. The smallest absolute Gasteiger partial charge is 0.317 e. The van der Waals surface area contributed by atoms with Gasteiger partial charge in [0.1, 0.15) is 0 Å². The van der Waals surface area contributed by atoms with Gasteiger partial charge in [0.2, 0.25) is 0 Å². The molecule has 2 unspecified atom stereocenters. The van der Waals surface area contributed by atoms with Gasteiger partial charge in [-0.15, -0.1) is 0 Å². The molecule has 2 rings (SSSR count). The summed E-state index contributed by atoms with van der Waals surface area (Å²) in [6, 6.07) is 9.63. The average molecular weight is 311 g/mol. The zero-order chi connectivity index (χ0) is 15.5. The second-order valence-corrected chi connectivity index (χ2v) is 7.89. The molecule has 1 aliphatic rings. The lowest BCUT2D eigenvalue weighted by Gasteiger charge is -2.32. The van der Waals surface area contributed by atoms with Crippen molar-refractivity contribution in [2.24, 2.45) is 0 Å². The Bertz CT molecular complexity index is 585. The largest absolute Gasteiger partial charge is 0.480 e. The molecule has 0 radical (unpaired) electrons. The van der Waals surface area contributed by atoms with E-state index in [-0.39, 0.29) is 30.1 Å². The van der Waals surface area contributed by atoms with Crippen LogP contribution in [0.3, 0.4) is 0 Å². The van der Waals surface area contributed by atoms with Crippen molar-refractivity contribution in [1.82, 2.24) is 4.90 Å². The van der Waals surface area contributed by atoms with Crippen LogP contribution in [0.1, 0.15) is 18.9 Å². The zero-order valence-corrected chi connectivity index (χ0v) is 12.9. The first-order chi connectivity index (χ1) is 9.87. The summed E-state index contributed by atoms with van der Waals surface area (Å²) < 4.78 is 23.3. The summed E-state index contributed by atoms with van der Waals surface area (Å²) in [7, 11) is -3.02. The number of carbonyl (C=O) groups is 1. The van der Waals surface area contributed by atoms with Crippen LogP contribution >= 0.6 is 0 Å². The van der Waals surface area contributed by atoms with Gasteiger partial charge in [0.05, 0.1) is 18.1 Å². The molecule has 1 heterocycles. The van der Waals surface area contributed by atoms with Gasteiger partial charge in [0.15, 0.2) is 9.84 Å². The average Bonchev–Trinajstić information content (AvgIpc) is 2.77. The Morgan fingerprint density at radius 2 is 2.05 bits per heavy atom. The van der Waals surface area contributed by atoms with E-state index in [0.29, 0.717) is 12.8 Å². The fourth-order valence-electron chi connectivity index (χ4n) is 2.91. The van der Waals surface area contributed by atoms with Crippen LogP contribution in [0.4, 0.5) is 0 Å². The number of benzene rings is 1. The predicted octanol–water partition coefficient (Wildman–Crippen LogP) is 1.19. The van der Waals surface area contributed by atoms with Crippen molar-refractivity contribution in [3.8, 4) is 0 Å². The lowest BCUT2D eigenvalue weighted by molar-refractivity contribution is -0.139. The number of carboxylic acids is 1. The van der Waals surface area contributed by atoms with Gasteiger partial charge in [-0.25, -0.2) is 8.42 Å². The first-order valence-electron chi connectivity index (χ1n) is 7.09. The van der Waals surface area contributed by atoms with Crippen LogP contribution in [0.15, 0.2) is 30.3 Å². The second-order valence-electron chi connectivity index (χ2n) is 5.66. The van der Waals surface area contributed by atoms with E-state index in [4.69, 9.17) is 5.11 Å². The van der Waals surface area contributed by atoms with Crippen LogP contribution < -0.4 is 0 Å². The maximum atomic E-state index is 11.6. The third kappa shape index (κ3) is 4.54. The first kappa shape index (κ1) is 16.0. The molecular weight excluding hydrogens is 290 g/mol. The van der Waals surface area contributed by atoms with Crippen molar-refractivity contribution in [3.05, 3.63) is 35.9 Å². The third-order valence-corrected chi connectivity index (χ3v) is 5.69. The molecule has 1 aliphatic heterocycles. The summed E-state index contributed by atoms with van der Waals surface area (Å²) in [5.41, 5.74) is 1.13. The monoisotopic (exact) mass is 311 g/mol. The highest BCUT2D eigenvalue weighted by Gasteiger charge is 2.35. The summed E-state index contributed by atoms with van der Waals surface area (Å²) in [5.74, 6) is -0.690. The molecule has 21 heavy (non-hydrogen) atoms. The van der Waals surface area contributed by atoms with Gasteiger partial charge in [-0.2, -0.15) is 0 Å². The second kappa shape index (κ2) is 6.58. The van der Waals surface area contributed by atoms with E-state index in [1.165, 1.54) is 0 Å². The van der Waals surface area contributed by atoms with Crippen molar-refractivity contribution < 1.29 is 18.3 Å². The van der Waals surface area contributed by atoms with E-state index < -0.39 is 15.8 Å². The molecule has 0 saturated carbocycles. The van der Waals surface area contributed by atoms with Crippen molar-refractivity contribution in [1.29, 1.82) is 0 Å². The fraction of sp³-hybridized carbons (Fsp3) is 0.533. The summed E-state index contributed by atoms with van der Waals surface area (Å²) >= 11 is 0. The minimum atomic E-state index is -3.02. The van der Waals surface area contributed by atoms with Crippen LogP contribution in [0.2, 0.25) is 0 Å². The molecule has 2 atom stereocenters. The van der Waals surface area contributed by atoms with Crippen molar-refractivity contribution in [3.63, 3.8) is 0 Å². The maximum Gasteiger partial charge on any atom is 0.317 e. The normalized spacial score (nSPS) is 22.3. The first-order valence-corrected chi connectivity index (χ1v) is 8.91. The van der Waals surface area contributed by atoms with Crippen molar-refractivity contribution >= 4 is 15.8 Å². The van der Waals surface area contributed by atoms with Gasteiger partial charge in [-0.1, -0.05) is 30.3 Å². The zero-order valence-electron chi connectivity index (χ0n) is 12.1. The van der Waals surface area contributed by atoms with Crippen LogP contribution in [0.5, 0.6) is 0 Å². The quantitative estimate of drug-likeness (QED) is 0.854. The molecular formula is C15H21NO4S. The Kier molecular flexibility index (Phi) is 5.00. The van der Waals surface area contributed by atoms with Gasteiger partial charge in [-0.3, -0.25) is 9.69 Å². The number of carboxylic acid groups (broad SMARTS) is 1. The highest BCUT2D eigenvalue weighted by molar-refractivity contribution is 7.91. The van der Waals surface area contributed by atoms with Crippen LogP contribution in [0.25, 0.3) is 0 Å². The lowest BCUT2D eigenvalue weighted by atomic mass is 10.0. The molecule has 1 N–H and O–H groups in total. The number of hydrogen-bond acceptors (Lipinski definition) is 4. The van der Waals surface area contributed by atoms with Gasteiger partial charge < -0.3 is 5.11 Å². The van der Waals surface area contributed by atoms with E-state index in [0.717, 1.165) is 5.56 Å².